The fraction of sp³-hybridized carbons (Fsp3) is 0.121. The number of ketones is 3. The molecule has 0 N–H and O–H groups in total. The predicted octanol–water partition coefficient (Wildman–Crippen LogP) is 6.28. The van der Waals surface area contributed by atoms with Crippen LogP contribution in [0.5, 0.6) is 0 Å². The van der Waals surface area contributed by atoms with Crippen molar-refractivity contribution in [2.45, 2.75) is 18.0 Å². The van der Waals surface area contributed by atoms with Crippen LogP contribution in [0.4, 0.5) is 14.5 Å². The Morgan fingerprint density at radius 2 is 1.36 bits per heavy atom. The predicted molar refractivity (Wildman–Crippen MR) is 143 cm³/mol. The maximum absolute atomic E-state index is 15.1. The van der Waals surface area contributed by atoms with E-state index in [2.05, 4.69) is 0 Å². The SMILES string of the molecule is O=C(c1ccccc1F)[C@@H]1[C@H](c2ccc(F)cc2)C2(C(=O)c3ccccc3C2=O)[C@H]2C=Cc3ccccc3N12. The van der Waals surface area contributed by atoms with Crippen LogP contribution in [0.25, 0.3) is 6.08 Å². The molecule has 2 aliphatic heterocycles. The summed E-state index contributed by atoms with van der Waals surface area (Å²) in [5, 5.41) is 0. The van der Waals surface area contributed by atoms with Gasteiger partial charge in [-0.3, -0.25) is 14.4 Å². The highest BCUT2D eigenvalue weighted by atomic mass is 19.1. The summed E-state index contributed by atoms with van der Waals surface area (Å²) >= 11 is 0. The highest BCUT2D eigenvalue weighted by molar-refractivity contribution is 6.32. The third-order valence-corrected chi connectivity index (χ3v) is 8.35. The Hall–Kier alpha value is -4.71. The van der Waals surface area contributed by atoms with Gasteiger partial charge in [0.25, 0.3) is 0 Å². The van der Waals surface area contributed by atoms with E-state index in [4.69, 9.17) is 0 Å². The number of nitrogens with zero attached hydrogens (tertiary/aromatic N) is 1. The summed E-state index contributed by atoms with van der Waals surface area (Å²) < 4.78 is 29.2. The molecule has 0 bridgehead atoms. The van der Waals surface area contributed by atoms with E-state index in [1.807, 2.05) is 30.3 Å². The number of anilines is 1. The molecule has 190 valence electrons. The average molecular weight is 518 g/mol. The van der Waals surface area contributed by atoms with Crippen molar-refractivity contribution < 1.29 is 23.2 Å². The van der Waals surface area contributed by atoms with E-state index in [9.17, 15) is 18.8 Å². The summed E-state index contributed by atoms with van der Waals surface area (Å²) in [6.45, 7) is 0. The molecule has 0 radical (unpaired) electrons. The number of halogens is 2. The number of carbonyl (C=O) groups excluding carboxylic acids is 3. The van der Waals surface area contributed by atoms with Gasteiger partial charge in [0.2, 0.25) is 0 Å². The van der Waals surface area contributed by atoms with Crippen LogP contribution in [-0.4, -0.2) is 29.4 Å². The number of para-hydroxylation sites is 1. The third kappa shape index (κ3) is 3.05. The fourth-order valence-electron chi connectivity index (χ4n) is 6.78. The zero-order valence-electron chi connectivity index (χ0n) is 20.6. The molecule has 4 aromatic carbocycles. The Kier molecular flexibility index (Phi) is 5.04. The van der Waals surface area contributed by atoms with E-state index in [1.54, 1.807) is 41.3 Å². The molecule has 0 saturated carbocycles. The second-order valence-corrected chi connectivity index (χ2v) is 10.2. The van der Waals surface area contributed by atoms with Gasteiger partial charge < -0.3 is 4.90 Å². The lowest BCUT2D eigenvalue weighted by Gasteiger charge is -2.37. The first-order valence-electron chi connectivity index (χ1n) is 12.7. The van der Waals surface area contributed by atoms with Crippen molar-refractivity contribution in [3.8, 4) is 0 Å². The molecule has 4 nitrogen and oxygen atoms in total. The molecule has 6 heteroatoms. The first-order chi connectivity index (χ1) is 18.9. The number of hydrogen-bond acceptors (Lipinski definition) is 4. The van der Waals surface area contributed by atoms with Crippen LogP contribution in [0.2, 0.25) is 0 Å². The molecule has 3 aliphatic rings. The summed E-state index contributed by atoms with van der Waals surface area (Å²) in [5.74, 6) is -3.52. The highest BCUT2D eigenvalue weighted by Gasteiger charge is 2.71. The minimum Gasteiger partial charge on any atom is -0.352 e. The molecule has 1 spiro atoms. The van der Waals surface area contributed by atoms with Crippen molar-refractivity contribution in [2.24, 2.45) is 5.41 Å². The summed E-state index contributed by atoms with van der Waals surface area (Å²) in [7, 11) is 0. The summed E-state index contributed by atoms with van der Waals surface area (Å²) in [6, 6.07) is 23.4. The Labute approximate surface area is 223 Å². The number of rotatable bonds is 3. The summed E-state index contributed by atoms with van der Waals surface area (Å²) in [5.41, 5.74) is 0.679. The Balaban J connectivity index is 1.56. The van der Waals surface area contributed by atoms with Crippen molar-refractivity contribution in [1.82, 2.24) is 0 Å². The average Bonchev–Trinajstić information content (AvgIpc) is 3.40. The highest BCUT2D eigenvalue weighted by Crippen LogP contribution is 2.61. The van der Waals surface area contributed by atoms with Gasteiger partial charge in [0.05, 0.1) is 11.6 Å². The number of carbonyl (C=O) groups is 3. The van der Waals surface area contributed by atoms with E-state index in [1.165, 1.54) is 42.5 Å². The number of benzene rings is 4. The van der Waals surface area contributed by atoms with E-state index in [0.717, 1.165) is 5.56 Å². The standard InChI is InChI=1S/C33H21F2NO3/c34-21-16-13-20(14-17-21)28-29(30(37)24-10-4-5-11-25(24)35)36-26-12-6-1-7-19(26)15-18-27(36)33(28)31(38)22-8-2-3-9-23(22)32(33)39/h1-18,27-29H/t27-,28+,29+/m1/s1. The smallest absolute Gasteiger partial charge is 0.188 e. The maximum atomic E-state index is 15.1. The molecule has 7 rings (SSSR count). The van der Waals surface area contributed by atoms with Gasteiger partial charge in [0.1, 0.15) is 23.1 Å². The van der Waals surface area contributed by atoms with Gasteiger partial charge in [-0.2, -0.15) is 0 Å². The van der Waals surface area contributed by atoms with Gasteiger partial charge in [0.15, 0.2) is 17.3 Å². The normalized spacial score (nSPS) is 22.1. The Morgan fingerprint density at radius 3 is 2.05 bits per heavy atom. The van der Waals surface area contributed by atoms with Crippen LogP contribution in [-0.2, 0) is 0 Å². The van der Waals surface area contributed by atoms with Crippen LogP contribution in [0.3, 0.4) is 0 Å². The largest absolute Gasteiger partial charge is 0.352 e. The van der Waals surface area contributed by atoms with Crippen molar-refractivity contribution in [1.29, 1.82) is 0 Å². The molecular weight excluding hydrogens is 496 g/mol. The zero-order chi connectivity index (χ0) is 26.9. The topological polar surface area (TPSA) is 54.5 Å². The van der Waals surface area contributed by atoms with Gasteiger partial charge in [-0.1, -0.05) is 78.9 Å². The van der Waals surface area contributed by atoms with Crippen molar-refractivity contribution in [2.75, 3.05) is 4.90 Å². The molecule has 0 unspecified atom stereocenters. The van der Waals surface area contributed by atoms with Crippen molar-refractivity contribution in [3.05, 3.63) is 143 Å². The first kappa shape index (κ1) is 23.4. The van der Waals surface area contributed by atoms with Gasteiger partial charge in [0, 0.05) is 22.7 Å². The molecule has 4 aromatic rings. The van der Waals surface area contributed by atoms with Crippen molar-refractivity contribution >= 4 is 29.1 Å². The van der Waals surface area contributed by atoms with Crippen LogP contribution >= 0.6 is 0 Å². The van der Waals surface area contributed by atoms with E-state index >= 15 is 4.39 Å². The molecule has 1 fully saturated rings. The van der Waals surface area contributed by atoms with Gasteiger partial charge in [-0.15, -0.1) is 0 Å². The van der Waals surface area contributed by atoms with Crippen LogP contribution in [0, 0.1) is 17.0 Å². The molecule has 1 aliphatic carbocycles. The fourth-order valence-corrected chi connectivity index (χ4v) is 6.78. The third-order valence-electron chi connectivity index (χ3n) is 8.35. The minimum absolute atomic E-state index is 0.132. The monoisotopic (exact) mass is 517 g/mol. The second kappa shape index (κ2) is 8.40. The van der Waals surface area contributed by atoms with Crippen molar-refractivity contribution in [3.63, 3.8) is 0 Å². The quantitative estimate of drug-likeness (QED) is 0.237. The maximum Gasteiger partial charge on any atom is 0.188 e. The number of Topliss-reactive ketones (excluding diaryl/α,β-unsaturated/α-hetero) is 3. The zero-order valence-corrected chi connectivity index (χ0v) is 20.6. The van der Waals surface area contributed by atoms with E-state index in [-0.39, 0.29) is 17.1 Å². The van der Waals surface area contributed by atoms with E-state index in [0.29, 0.717) is 22.4 Å². The van der Waals surface area contributed by atoms with Gasteiger partial charge in [-0.05, 0) is 41.5 Å². The van der Waals surface area contributed by atoms with E-state index < -0.39 is 40.8 Å². The molecule has 39 heavy (non-hydrogen) atoms. The molecular formula is C33H21F2NO3. The Bertz CT molecular complexity index is 1690. The number of hydrogen-bond donors (Lipinski definition) is 0. The lowest BCUT2D eigenvalue weighted by Crippen LogP contribution is -2.48. The molecule has 1 saturated heterocycles. The first-order valence-corrected chi connectivity index (χ1v) is 12.7. The summed E-state index contributed by atoms with van der Waals surface area (Å²) in [4.78, 5) is 45.2. The lowest BCUT2D eigenvalue weighted by atomic mass is 9.64. The van der Waals surface area contributed by atoms with Crippen LogP contribution in [0.15, 0.2) is 103 Å². The Morgan fingerprint density at radius 1 is 0.744 bits per heavy atom. The second-order valence-electron chi connectivity index (χ2n) is 10.2. The van der Waals surface area contributed by atoms with Gasteiger partial charge >= 0.3 is 0 Å². The lowest BCUT2D eigenvalue weighted by molar-refractivity contribution is 0.0666. The molecule has 0 amide bonds. The number of fused-ring (bicyclic) bond motifs is 5. The minimum atomic E-state index is -1.71. The summed E-state index contributed by atoms with van der Waals surface area (Å²) in [6.07, 6.45) is 3.66. The van der Waals surface area contributed by atoms with Crippen LogP contribution in [0.1, 0.15) is 48.1 Å². The van der Waals surface area contributed by atoms with Gasteiger partial charge in [-0.25, -0.2) is 8.78 Å². The molecule has 3 atom stereocenters. The molecule has 0 aromatic heterocycles. The van der Waals surface area contributed by atoms with Crippen LogP contribution < -0.4 is 4.90 Å². The molecule has 2 heterocycles.